The lowest BCUT2D eigenvalue weighted by atomic mass is 10.0. The van der Waals surface area contributed by atoms with E-state index in [-0.39, 0.29) is 11.6 Å². The Kier molecular flexibility index (Phi) is 3.62. The number of nitrogens with one attached hydrogen (secondary N) is 1. The molecule has 2 nitrogen and oxygen atoms in total. The van der Waals surface area contributed by atoms with Crippen LogP contribution in [-0.4, -0.2) is 26.2 Å². The van der Waals surface area contributed by atoms with Gasteiger partial charge in [-0.3, -0.25) is 0 Å². The van der Waals surface area contributed by atoms with E-state index in [9.17, 15) is 8.78 Å². The Hall–Kier alpha value is -1.16. The molecular weight excluding hydrogens is 222 g/mol. The van der Waals surface area contributed by atoms with Crippen molar-refractivity contribution in [2.45, 2.75) is 25.8 Å². The number of likely N-dealkylation sites (N-methyl/N-ethyl adjacent to an activating group) is 1. The lowest BCUT2D eigenvalue weighted by Gasteiger charge is -2.34. The fraction of sp³-hybridized carbons (Fsp3) is 0.538. The molecule has 0 radical (unpaired) electrons. The summed E-state index contributed by atoms with van der Waals surface area (Å²) in [4.78, 5) is 1.92. The SMILES string of the molecule is CNC1CCCN(c2cc(F)c(C)cc2F)C1. The minimum atomic E-state index is -0.340. The van der Waals surface area contributed by atoms with Crippen LogP contribution in [0.2, 0.25) is 0 Å². The smallest absolute Gasteiger partial charge is 0.146 e. The molecule has 1 saturated heterocycles. The van der Waals surface area contributed by atoms with E-state index < -0.39 is 0 Å². The van der Waals surface area contributed by atoms with Crippen LogP contribution in [0.4, 0.5) is 14.5 Å². The molecule has 4 heteroatoms. The van der Waals surface area contributed by atoms with Gasteiger partial charge in [-0.25, -0.2) is 8.78 Å². The Bertz CT molecular complexity index is 407. The second-order valence-corrected chi connectivity index (χ2v) is 4.63. The first-order valence-corrected chi connectivity index (χ1v) is 5.99. The van der Waals surface area contributed by atoms with E-state index in [1.165, 1.54) is 12.1 Å². The topological polar surface area (TPSA) is 15.3 Å². The zero-order valence-electron chi connectivity index (χ0n) is 10.3. The third-order valence-corrected chi connectivity index (χ3v) is 3.40. The average Bonchev–Trinajstić information content (AvgIpc) is 2.34. The van der Waals surface area contributed by atoms with E-state index in [4.69, 9.17) is 0 Å². The Morgan fingerprint density at radius 1 is 1.29 bits per heavy atom. The molecule has 94 valence electrons. The highest BCUT2D eigenvalue weighted by molar-refractivity contribution is 5.50. The molecule has 1 aromatic carbocycles. The minimum Gasteiger partial charge on any atom is -0.368 e. The van der Waals surface area contributed by atoms with Crippen LogP contribution in [0.25, 0.3) is 0 Å². The van der Waals surface area contributed by atoms with Crippen molar-refractivity contribution in [3.63, 3.8) is 0 Å². The second kappa shape index (κ2) is 5.00. The van der Waals surface area contributed by atoms with Gasteiger partial charge in [0.2, 0.25) is 0 Å². The predicted molar refractivity (Wildman–Crippen MR) is 65.4 cm³/mol. The molecule has 1 atom stereocenters. The van der Waals surface area contributed by atoms with Crippen LogP contribution < -0.4 is 10.2 Å². The molecule has 0 amide bonds. The number of nitrogens with zero attached hydrogens (tertiary/aromatic N) is 1. The predicted octanol–water partition coefficient (Wildman–Crippen LogP) is 2.46. The number of hydrogen-bond donors (Lipinski definition) is 1. The van der Waals surface area contributed by atoms with E-state index in [0.717, 1.165) is 25.9 Å². The summed E-state index contributed by atoms with van der Waals surface area (Å²) in [6, 6.07) is 2.93. The Morgan fingerprint density at radius 2 is 2.06 bits per heavy atom. The van der Waals surface area contributed by atoms with Gasteiger partial charge in [0.05, 0.1) is 5.69 Å². The van der Waals surface area contributed by atoms with Gasteiger partial charge in [-0.05, 0) is 38.4 Å². The summed E-state index contributed by atoms with van der Waals surface area (Å²) in [6.07, 6.45) is 2.09. The molecule has 1 heterocycles. The molecule has 1 fully saturated rings. The fourth-order valence-corrected chi connectivity index (χ4v) is 2.31. The van der Waals surface area contributed by atoms with Crippen LogP contribution in [0.15, 0.2) is 12.1 Å². The molecule has 1 aliphatic heterocycles. The summed E-state index contributed by atoms with van der Waals surface area (Å²) in [7, 11) is 1.90. The molecule has 0 spiro atoms. The molecule has 17 heavy (non-hydrogen) atoms. The maximum absolute atomic E-state index is 13.8. The van der Waals surface area contributed by atoms with Gasteiger partial charge in [0.1, 0.15) is 11.6 Å². The second-order valence-electron chi connectivity index (χ2n) is 4.63. The molecule has 0 aromatic heterocycles. The molecule has 0 aliphatic carbocycles. The highest BCUT2D eigenvalue weighted by atomic mass is 19.1. The molecule has 1 unspecified atom stereocenters. The number of rotatable bonds is 2. The summed E-state index contributed by atoms with van der Waals surface area (Å²) >= 11 is 0. The highest BCUT2D eigenvalue weighted by Gasteiger charge is 2.21. The van der Waals surface area contributed by atoms with Gasteiger partial charge in [0, 0.05) is 25.2 Å². The number of piperidine rings is 1. The van der Waals surface area contributed by atoms with E-state index in [0.29, 0.717) is 17.3 Å². The summed E-state index contributed by atoms with van der Waals surface area (Å²) in [5.41, 5.74) is 0.737. The first-order valence-electron chi connectivity index (χ1n) is 5.99. The molecule has 0 saturated carbocycles. The first-order chi connectivity index (χ1) is 8.11. The summed E-state index contributed by atoms with van der Waals surface area (Å²) < 4.78 is 27.3. The van der Waals surface area contributed by atoms with Crippen LogP contribution in [0.5, 0.6) is 0 Å². The number of aryl methyl sites for hydroxylation is 1. The van der Waals surface area contributed by atoms with Crippen molar-refractivity contribution in [3.8, 4) is 0 Å². The van der Waals surface area contributed by atoms with Gasteiger partial charge in [-0.1, -0.05) is 0 Å². The van der Waals surface area contributed by atoms with Gasteiger partial charge in [-0.15, -0.1) is 0 Å². The molecular formula is C13H18F2N2. The largest absolute Gasteiger partial charge is 0.368 e. The van der Waals surface area contributed by atoms with Crippen molar-refractivity contribution in [1.82, 2.24) is 5.32 Å². The Labute approximate surface area is 101 Å². The lowest BCUT2D eigenvalue weighted by molar-refractivity contribution is 0.444. The first kappa shape index (κ1) is 12.3. The van der Waals surface area contributed by atoms with Gasteiger partial charge in [0.15, 0.2) is 0 Å². The molecule has 1 aromatic rings. The lowest BCUT2D eigenvalue weighted by Crippen LogP contribution is -2.44. The molecule has 1 aliphatic rings. The summed E-state index contributed by atoms with van der Waals surface area (Å²) in [5.74, 6) is -0.673. The van der Waals surface area contributed by atoms with Crippen molar-refractivity contribution in [1.29, 1.82) is 0 Å². The third kappa shape index (κ3) is 2.57. The monoisotopic (exact) mass is 240 g/mol. The van der Waals surface area contributed by atoms with Crippen LogP contribution in [0, 0.1) is 18.6 Å². The molecule has 0 bridgehead atoms. The van der Waals surface area contributed by atoms with Gasteiger partial charge in [-0.2, -0.15) is 0 Å². The van der Waals surface area contributed by atoms with Crippen LogP contribution in [-0.2, 0) is 0 Å². The number of anilines is 1. The normalized spacial score (nSPS) is 20.7. The molecule has 1 N–H and O–H groups in total. The number of benzene rings is 1. The maximum Gasteiger partial charge on any atom is 0.146 e. The van der Waals surface area contributed by atoms with E-state index in [1.54, 1.807) is 6.92 Å². The Balaban J connectivity index is 2.24. The van der Waals surface area contributed by atoms with Crippen molar-refractivity contribution in [3.05, 3.63) is 29.3 Å². The standard InChI is InChI=1S/C13H18F2N2/c1-9-6-12(15)13(7-11(9)14)17-5-3-4-10(8-17)16-2/h6-7,10,16H,3-5,8H2,1-2H3. The fourth-order valence-electron chi connectivity index (χ4n) is 2.31. The van der Waals surface area contributed by atoms with Gasteiger partial charge >= 0.3 is 0 Å². The van der Waals surface area contributed by atoms with Gasteiger partial charge < -0.3 is 10.2 Å². The third-order valence-electron chi connectivity index (χ3n) is 3.40. The zero-order chi connectivity index (χ0) is 12.4. The van der Waals surface area contributed by atoms with Crippen molar-refractivity contribution < 1.29 is 8.78 Å². The quantitative estimate of drug-likeness (QED) is 0.854. The highest BCUT2D eigenvalue weighted by Crippen LogP contribution is 2.25. The number of hydrogen-bond acceptors (Lipinski definition) is 2. The van der Waals surface area contributed by atoms with E-state index in [2.05, 4.69) is 5.32 Å². The van der Waals surface area contributed by atoms with Crippen molar-refractivity contribution in [2.24, 2.45) is 0 Å². The number of halogens is 2. The van der Waals surface area contributed by atoms with Gasteiger partial charge in [0.25, 0.3) is 0 Å². The minimum absolute atomic E-state index is 0.333. The summed E-state index contributed by atoms with van der Waals surface area (Å²) in [6.45, 7) is 3.10. The van der Waals surface area contributed by atoms with E-state index >= 15 is 0 Å². The van der Waals surface area contributed by atoms with Crippen LogP contribution in [0.1, 0.15) is 18.4 Å². The zero-order valence-corrected chi connectivity index (χ0v) is 10.3. The van der Waals surface area contributed by atoms with E-state index in [1.807, 2.05) is 11.9 Å². The maximum atomic E-state index is 13.8. The van der Waals surface area contributed by atoms with Crippen LogP contribution >= 0.6 is 0 Å². The van der Waals surface area contributed by atoms with Crippen LogP contribution in [0.3, 0.4) is 0 Å². The average molecular weight is 240 g/mol. The summed E-state index contributed by atoms with van der Waals surface area (Å²) in [5, 5.41) is 3.19. The van der Waals surface area contributed by atoms with Crippen molar-refractivity contribution >= 4 is 5.69 Å². The van der Waals surface area contributed by atoms with Crippen molar-refractivity contribution in [2.75, 3.05) is 25.0 Å². The molecule has 2 rings (SSSR count). The Morgan fingerprint density at radius 3 is 2.76 bits per heavy atom.